The number of amides is 1. The maximum atomic E-state index is 12.9. The van der Waals surface area contributed by atoms with E-state index in [1.54, 1.807) is 0 Å². The molecule has 2 rings (SSSR count). The van der Waals surface area contributed by atoms with E-state index in [1.807, 2.05) is 20.8 Å². The van der Waals surface area contributed by atoms with E-state index in [2.05, 4.69) is 10.4 Å². The van der Waals surface area contributed by atoms with Crippen molar-refractivity contribution >= 4 is 11.7 Å². The number of hydrogen-bond donors (Lipinski definition) is 2. The van der Waals surface area contributed by atoms with Crippen molar-refractivity contribution in [3.63, 3.8) is 0 Å². The van der Waals surface area contributed by atoms with E-state index in [9.17, 15) is 14.4 Å². The van der Waals surface area contributed by atoms with Crippen molar-refractivity contribution in [2.24, 2.45) is 17.6 Å². The van der Waals surface area contributed by atoms with Gasteiger partial charge in [-0.1, -0.05) is 26.7 Å². The first kappa shape index (κ1) is 22.3. The number of aromatic nitrogens is 2. The summed E-state index contributed by atoms with van der Waals surface area (Å²) < 4.78 is 11.3. The number of nitrogens with one attached hydrogen (secondary N) is 1. The molecule has 158 valence electrons. The standard InChI is InChI=1S/C19H32N4O5/c1-4-27-10-9-23-19(26)28-18(22-23)16(24)15(11-12(2)3)21-17(25)13-7-5-6-8-14(13)20/h12-15H,4-11,20H2,1-3H3,(H,21,25)/t13-,14+,15+/m1/s1. The molecule has 1 aliphatic carbocycles. The molecule has 0 aliphatic heterocycles. The molecule has 9 nitrogen and oxygen atoms in total. The van der Waals surface area contributed by atoms with E-state index in [0.717, 1.165) is 30.4 Å². The largest absolute Gasteiger partial charge is 0.437 e. The molecule has 3 atom stereocenters. The second-order valence-corrected chi connectivity index (χ2v) is 7.70. The SMILES string of the molecule is CCOCCn1nc(C(=O)[C@H](CC(C)C)NC(=O)[C@@H]2CCCC[C@@H]2N)oc1=O. The van der Waals surface area contributed by atoms with Gasteiger partial charge in [0.1, 0.15) is 0 Å². The summed E-state index contributed by atoms with van der Waals surface area (Å²) in [6.07, 6.45) is 3.91. The van der Waals surface area contributed by atoms with Crippen LogP contribution in [0.1, 0.15) is 63.6 Å². The van der Waals surface area contributed by atoms with Gasteiger partial charge < -0.3 is 20.2 Å². The molecule has 0 radical (unpaired) electrons. The number of nitrogens with two attached hydrogens (primary N) is 1. The molecule has 1 aliphatic rings. The van der Waals surface area contributed by atoms with Crippen molar-refractivity contribution in [1.82, 2.24) is 15.1 Å². The molecule has 9 heteroatoms. The minimum atomic E-state index is -0.806. The Kier molecular flexibility index (Phi) is 8.37. The normalized spacial score (nSPS) is 20.9. The Labute approximate surface area is 165 Å². The molecule has 1 aromatic rings. The predicted molar refractivity (Wildman–Crippen MR) is 103 cm³/mol. The average Bonchev–Trinajstić information content (AvgIpc) is 3.01. The Balaban J connectivity index is 2.11. The lowest BCUT2D eigenvalue weighted by atomic mass is 9.84. The molecule has 0 saturated heterocycles. The minimum absolute atomic E-state index is 0.154. The minimum Gasteiger partial charge on any atom is -0.384 e. The summed E-state index contributed by atoms with van der Waals surface area (Å²) in [6.45, 7) is 6.76. The fourth-order valence-corrected chi connectivity index (χ4v) is 3.46. The van der Waals surface area contributed by atoms with E-state index in [-0.39, 0.29) is 36.2 Å². The van der Waals surface area contributed by atoms with Crippen molar-refractivity contribution in [3.05, 3.63) is 16.4 Å². The molecule has 1 heterocycles. The number of ketones is 1. The number of rotatable bonds is 10. The van der Waals surface area contributed by atoms with Crippen LogP contribution >= 0.6 is 0 Å². The first-order valence-corrected chi connectivity index (χ1v) is 10.1. The van der Waals surface area contributed by atoms with Gasteiger partial charge in [0, 0.05) is 12.6 Å². The maximum Gasteiger partial charge on any atom is 0.437 e. The van der Waals surface area contributed by atoms with Gasteiger partial charge in [-0.3, -0.25) is 9.59 Å². The number of hydrogen-bond acceptors (Lipinski definition) is 7. The molecular formula is C19H32N4O5. The second kappa shape index (κ2) is 10.5. The highest BCUT2D eigenvalue weighted by atomic mass is 16.5. The van der Waals surface area contributed by atoms with Gasteiger partial charge in [-0.2, -0.15) is 4.68 Å². The zero-order chi connectivity index (χ0) is 20.7. The van der Waals surface area contributed by atoms with Crippen LogP contribution in [0, 0.1) is 11.8 Å². The quantitative estimate of drug-likeness (QED) is 0.447. The van der Waals surface area contributed by atoms with E-state index in [1.165, 1.54) is 0 Å². The van der Waals surface area contributed by atoms with Crippen molar-refractivity contribution in [2.75, 3.05) is 13.2 Å². The van der Waals surface area contributed by atoms with Crippen LogP contribution in [0.2, 0.25) is 0 Å². The van der Waals surface area contributed by atoms with E-state index in [0.29, 0.717) is 19.6 Å². The highest BCUT2D eigenvalue weighted by molar-refractivity contribution is 5.98. The van der Waals surface area contributed by atoms with Crippen molar-refractivity contribution in [1.29, 1.82) is 0 Å². The lowest BCUT2D eigenvalue weighted by molar-refractivity contribution is -0.127. The Morgan fingerprint density at radius 1 is 1.36 bits per heavy atom. The summed E-state index contributed by atoms with van der Waals surface area (Å²) in [7, 11) is 0. The Morgan fingerprint density at radius 2 is 2.07 bits per heavy atom. The van der Waals surface area contributed by atoms with Gasteiger partial charge in [0.2, 0.25) is 11.7 Å². The topological polar surface area (TPSA) is 129 Å². The molecule has 0 spiro atoms. The van der Waals surface area contributed by atoms with Crippen LogP contribution in [-0.2, 0) is 16.1 Å². The molecular weight excluding hydrogens is 364 g/mol. The molecule has 1 fully saturated rings. The fourth-order valence-electron chi connectivity index (χ4n) is 3.46. The fraction of sp³-hybridized carbons (Fsp3) is 0.789. The summed E-state index contributed by atoms with van der Waals surface area (Å²) in [5.74, 6) is -1.87. The summed E-state index contributed by atoms with van der Waals surface area (Å²) in [5, 5.41) is 6.80. The molecule has 0 bridgehead atoms. The van der Waals surface area contributed by atoms with Gasteiger partial charge in [0.05, 0.1) is 25.1 Å². The number of nitrogens with zero attached hydrogens (tertiary/aromatic N) is 2. The highest BCUT2D eigenvalue weighted by Crippen LogP contribution is 2.23. The lowest BCUT2D eigenvalue weighted by Gasteiger charge is -2.29. The highest BCUT2D eigenvalue weighted by Gasteiger charge is 2.33. The number of carbonyl (C=O) groups excluding carboxylic acids is 2. The van der Waals surface area contributed by atoms with Crippen molar-refractivity contribution in [3.8, 4) is 0 Å². The monoisotopic (exact) mass is 396 g/mol. The molecule has 0 aromatic carbocycles. The maximum absolute atomic E-state index is 12.9. The van der Waals surface area contributed by atoms with Crippen LogP contribution in [0.4, 0.5) is 0 Å². The smallest absolute Gasteiger partial charge is 0.384 e. The second-order valence-electron chi connectivity index (χ2n) is 7.70. The predicted octanol–water partition coefficient (Wildman–Crippen LogP) is 1.10. The zero-order valence-corrected chi connectivity index (χ0v) is 17.0. The van der Waals surface area contributed by atoms with Gasteiger partial charge >= 0.3 is 5.76 Å². The first-order chi connectivity index (χ1) is 13.3. The first-order valence-electron chi connectivity index (χ1n) is 10.1. The van der Waals surface area contributed by atoms with Crippen LogP contribution in [0.25, 0.3) is 0 Å². The molecule has 1 amide bonds. The van der Waals surface area contributed by atoms with Gasteiger partial charge in [0.15, 0.2) is 0 Å². The van der Waals surface area contributed by atoms with E-state index < -0.39 is 17.6 Å². The molecule has 1 saturated carbocycles. The third-order valence-electron chi connectivity index (χ3n) is 4.96. The Bertz CT molecular complexity index is 711. The van der Waals surface area contributed by atoms with Gasteiger partial charge in [0.25, 0.3) is 5.89 Å². The molecule has 1 aromatic heterocycles. The van der Waals surface area contributed by atoms with Crippen LogP contribution in [0.3, 0.4) is 0 Å². The third kappa shape index (κ3) is 6.00. The Morgan fingerprint density at radius 3 is 2.71 bits per heavy atom. The van der Waals surface area contributed by atoms with Gasteiger partial charge in [-0.15, -0.1) is 5.10 Å². The van der Waals surface area contributed by atoms with Crippen molar-refractivity contribution in [2.45, 2.75) is 71.5 Å². The number of Topliss-reactive ketones (excluding diaryl/α,β-unsaturated/α-hetero) is 1. The van der Waals surface area contributed by atoms with Crippen LogP contribution < -0.4 is 16.8 Å². The van der Waals surface area contributed by atoms with E-state index in [4.69, 9.17) is 14.9 Å². The third-order valence-corrected chi connectivity index (χ3v) is 4.96. The van der Waals surface area contributed by atoms with Crippen LogP contribution in [0.15, 0.2) is 9.21 Å². The van der Waals surface area contributed by atoms with Gasteiger partial charge in [-0.25, -0.2) is 4.79 Å². The summed E-state index contributed by atoms with van der Waals surface area (Å²) in [4.78, 5) is 37.5. The summed E-state index contributed by atoms with van der Waals surface area (Å²) in [6, 6.07) is -1.00. The molecule has 3 N–H and O–H groups in total. The van der Waals surface area contributed by atoms with Gasteiger partial charge in [-0.05, 0) is 32.1 Å². The van der Waals surface area contributed by atoms with Crippen LogP contribution in [-0.4, -0.2) is 46.8 Å². The lowest BCUT2D eigenvalue weighted by Crippen LogP contribution is -2.49. The summed E-state index contributed by atoms with van der Waals surface area (Å²) >= 11 is 0. The average molecular weight is 396 g/mol. The zero-order valence-electron chi connectivity index (χ0n) is 17.0. The number of carbonyl (C=O) groups is 2. The van der Waals surface area contributed by atoms with E-state index >= 15 is 0 Å². The van der Waals surface area contributed by atoms with Crippen LogP contribution in [0.5, 0.6) is 0 Å². The molecule has 0 unspecified atom stereocenters. The van der Waals surface area contributed by atoms with Crippen molar-refractivity contribution < 1.29 is 18.7 Å². The number of ether oxygens (including phenoxy) is 1. The summed E-state index contributed by atoms with van der Waals surface area (Å²) in [5.41, 5.74) is 6.09. The Hall–Kier alpha value is -2.00. The molecule has 28 heavy (non-hydrogen) atoms.